The van der Waals surface area contributed by atoms with Gasteiger partial charge < -0.3 is 10.5 Å². The molecule has 0 aliphatic carbocycles. The van der Waals surface area contributed by atoms with Crippen LogP contribution in [0.5, 0.6) is 11.5 Å². The topological polar surface area (TPSA) is 65.2 Å². The van der Waals surface area contributed by atoms with Crippen LogP contribution in [-0.4, -0.2) is 11.3 Å². The number of rotatable bonds is 3. The van der Waals surface area contributed by atoms with E-state index in [9.17, 15) is 9.18 Å². The SMILES string of the molecule is Nc1ccc(Oc2ccnc3ccc(C=O)cc23)cc1F. The maximum atomic E-state index is 13.5. The van der Waals surface area contributed by atoms with Crippen molar-refractivity contribution in [3.8, 4) is 11.5 Å². The standard InChI is InChI=1S/C16H11FN2O2/c17-13-8-11(2-3-14(13)18)21-16-5-6-19-15-4-1-10(9-20)7-12(15)16/h1-9H,18H2. The predicted octanol–water partition coefficient (Wildman–Crippen LogP) is 3.56. The molecule has 3 aromatic rings. The molecule has 0 aliphatic rings. The summed E-state index contributed by atoms with van der Waals surface area (Å²) in [4.78, 5) is 15.1. The van der Waals surface area contributed by atoms with Gasteiger partial charge in [-0.05, 0) is 36.4 Å². The molecule has 0 bridgehead atoms. The Morgan fingerprint density at radius 1 is 1.14 bits per heavy atom. The van der Waals surface area contributed by atoms with Crippen molar-refractivity contribution in [2.75, 3.05) is 5.73 Å². The van der Waals surface area contributed by atoms with Crippen molar-refractivity contribution in [2.24, 2.45) is 0 Å². The van der Waals surface area contributed by atoms with Gasteiger partial charge in [0, 0.05) is 23.2 Å². The zero-order valence-electron chi connectivity index (χ0n) is 10.9. The van der Waals surface area contributed by atoms with Crippen molar-refractivity contribution in [2.45, 2.75) is 0 Å². The molecule has 2 N–H and O–H groups in total. The van der Waals surface area contributed by atoms with Crippen LogP contribution in [0, 0.1) is 5.82 Å². The maximum Gasteiger partial charge on any atom is 0.150 e. The summed E-state index contributed by atoms with van der Waals surface area (Å²) in [5, 5.41) is 0.680. The Morgan fingerprint density at radius 2 is 2.00 bits per heavy atom. The molecule has 0 amide bonds. The number of benzene rings is 2. The molecule has 104 valence electrons. The molecule has 2 aromatic carbocycles. The van der Waals surface area contributed by atoms with Gasteiger partial charge in [-0.15, -0.1) is 0 Å². The fourth-order valence-corrected chi connectivity index (χ4v) is 2.00. The zero-order valence-corrected chi connectivity index (χ0v) is 10.9. The number of halogens is 1. The summed E-state index contributed by atoms with van der Waals surface area (Å²) in [5.74, 6) is 0.276. The Labute approximate surface area is 120 Å². The van der Waals surface area contributed by atoms with Gasteiger partial charge in [-0.25, -0.2) is 4.39 Å². The van der Waals surface area contributed by atoms with Gasteiger partial charge in [0.25, 0.3) is 0 Å². The van der Waals surface area contributed by atoms with Gasteiger partial charge in [0.1, 0.15) is 23.6 Å². The smallest absolute Gasteiger partial charge is 0.150 e. The molecule has 0 spiro atoms. The molecule has 3 rings (SSSR count). The van der Waals surface area contributed by atoms with Crippen LogP contribution in [-0.2, 0) is 0 Å². The lowest BCUT2D eigenvalue weighted by atomic mass is 10.1. The number of hydrogen-bond donors (Lipinski definition) is 1. The summed E-state index contributed by atoms with van der Waals surface area (Å²) < 4.78 is 19.1. The van der Waals surface area contributed by atoms with E-state index in [1.165, 1.54) is 12.1 Å². The quantitative estimate of drug-likeness (QED) is 0.589. The molecule has 1 aromatic heterocycles. The first-order chi connectivity index (χ1) is 10.2. The largest absolute Gasteiger partial charge is 0.456 e. The van der Waals surface area contributed by atoms with Crippen LogP contribution in [0.25, 0.3) is 10.9 Å². The third kappa shape index (κ3) is 2.53. The fourth-order valence-electron chi connectivity index (χ4n) is 2.00. The molecule has 0 radical (unpaired) electrons. The van der Waals surface area contributed by atoms with Crippen molar-refractivity contribution in [1.29, 1.82) is 0 Å². The molecule has 0 atom stereocenters. The average Bonchev–Trinajstić information content (AvgIpc) is 2.51. The van der Waals surface area contributed by atoms with Crippen LogP contribution in [0.4, 0.5) is 10.1 Å². The van der Waals surface area contributed by atoms with E-state index in [2.05, 4.69) is 4.98 Å². The summed E-state index contributed by atoms with van der Waals surface area (Å²) in [6.45, 7) is 0. The van der Waals surface area contributed by atoms with Gasteiger partial charge in [0.2, 0.25) is 0 Å². The highest BCUT2D eigenvalue weighted by atomic mass is 19.1. The number of anilines is 1. The van der Waals surface area contributed by atoms with Crippen molar-refractivity contribution < 1.29 is 13.9 Å². The second kappa shape index (κ2) is 5.20. The van der Waals surface area contributed by atoms with Crippen LogP contribution < -0.4 is 10.5 Å². The normalized spacial score (nSPS) is 10.5. The number of pyridine rings is 1. The van der Waals surface area contributed by atoms with E-state index in [0.717, 1.165) is 6.29 Å². The first-order valence-corrected chi connectivity index (χ1v) is 6.24. The molecular weight excluding hydrogens is 271 g/mol. The van der Waals surface area contributed by atoms with Gasteiger partial charge in [-0.2, -0.15) is 0 Å². The molecule has 5 heteroatoms. The number of nitrogens with two attached hydrogens (primary N) is 1. The minimum absolute atomic E-state index is 0.0603. The van der Waals surface area contributed by atoms with Crippen LogP contribution in [0.3, 0.4) is 0 Å². The number of ether oxygens (including phenoxy) is 1. The fraction of sp³-hybridized carbons (Fsp3) is 0. The zero-order chi connectivity index (χ0) is 14.8. The molecule has 0 aliphatic heterocycles. The first kappa shape index (κ1) is 13.1. The highest BCUT2D eigenvalue weighted by Gasteiger charge is 2.07. The van der Waals surface area contributed by atoms with E-state index in [1.807, 2.05) is 0 Å². The summed E-state index contributed by atoms with van der Waals surface area (Å²) in [6, 6.07) is 11.0. The van der Waals surface area contributed by atoms with E-state index < -0.39 is 5.82 Å². The summed E-state index contributed by atoms with van der Waals surface area (Å²) in [7, 11) is 0. The van der Waals surface area contributed by atoms with Crippen molar-refractivity contribution in [3.05, 3.63) is 60.0 Å². The summed E-state index contributed by atoms with van der Waals surface area (Å²) in [6.07, 6.45) is 2.34. The number of nitrogens with zero attached hydrogens (tertiary/aromatic N) is 1. The maximum absolute atomic E-state index is 13.5. The summed E-state index contributed by atoms with van der Waals surface area (Å²) in [5.41, 5.74) is 6.70. The van der Waals surface area contributed by atoms with E-state index in [4.69, 9.17) is 10.5 Å². The van der Waals surface area contributed by atoms with Gasteiger partial charge >= 0.3 is 0 Å². The Balaban J connectivity index is 2.07. The lowest BCUT2D eigenvalue weighted by molar-refractivity contribution is 0.112. The van der Waals surface area contributed by atoms with E-state index in [-0.39, 0.29) is 5.69 Å². The number of carbonyl (C=O) groups excluding carboxylic acids is 1. The number of nitrogen functional groups attached to an aromatic ring is 1. The van der Waals surface area contributed by atoms with Gasteiger partial charge in [0.05, 0.1) is 11.2 Å². The van der Waals surface area contributed by atoms with E-state index in [0.29, 0.717) is 28.0 Å². The minimum Gasteiger partial charge on any atom is -0.456 e. The van der Waals surface area contributed by atoms with Crippen LogP contribution >= 0.6 is 0 Å². The minimum atomic E-state index is -0.542. The highest BCUT2D eigenvalue weighted by Crippen LogP contribution is 2.30. The lowest BCUT2D eigenvalue weighted by Gasteiger charge is -2.09. The Hall–Kier alpha value is -2.95. The molecule has 0 unspecified atom stereocenters. The van der Waals surface area contributed by atoms with Crippen molar-refractivity contribution in [1.82, 2.24) is 4.98 Å². The molecule has 1 heterocycles. The van der Waals surface area contributed by atoms with Crippen LogP contribution in [0.1, 0.15) is 10.4 Å². The average molecular weight is 282 g/mol. The monoisotopic (exact) mass is 282 g/mol. The predicted molar refractivity (Wildman–Crippen MR) is 78.0 cm³/mol. The molecule has 0 saturated carbocycles. The Bertz CT molecular complexity index is 834. The Kier molecular flexibility index (Phi) is 3.23. The van der Waals surface area contributed by atoms with Crippen molar-refractivity contribution in [3.63, 3.8) is 0 Å². The molecule has 21 heavy (non-hydrogen) atoms. The second-order valence-electron chi connectivity index (χ2n) is 4.49. The van der Waals surface area contributed by atoms with Crippen LogP contribution in [0.15, 0.2) is 48.7 Å². The lowest BCUT2D eigenvalue weighted by Crippen LogP contribution is -1.93. The van der Waals surface area contributed by atoms with Crippen molar-refractivity contribution >= 4 is 22.9 Å². The third-order valence-corrected chi connectivity index (χ3v) is 3.06. The Morgan fingerprint density at radius 3 is 2.76 bits per heavy atom. The number of hydrogen-bond acceptors (Lipinski definition) is 4. The number of aldehydes is 1. The molecule has 0 fully saturated rings. The number of carbonyl (C=O) groups is 1. The molecular formula is C16H11FN2O2. The molecule has 0 saturated heterocycles. The molecule has 4 nitrogen and oxygen atoms in total. The van der Waals surface area contributed by atoms with Crippen LogP contribution in [0.2, 0.25) is 0 Å². The van der Waals surface area contributed by atoms with Gasteiger partial charge in [-0.1, -0.05) is 0 Å². The van der Waals surface area contributed by atoms with Gasteiger partial charge in [0.15, 0.2) is 0 Å². The highest BCUT2D eigenvalue weighted by molar-refractivity contribution is 5.90. The first-order valence-electron chi connectivity index (χ1n) is 6.24. The third-order valence-electron chi connectivity index (χ3n) is 3.06. The second-order valence-corrected chi connectivity index (χ2v) is 4.49. The number of aromatic nitrogens is 1. The summed E-state index contributed by atoms with van der Waals surface area (Å²) >= 11 is 0. The van der Waals surface area contributed by atoms with Gasteiger partial charge in [-0.3, -0.25) is 9.78 Å². The van der Waals surface area contributed by atoms with E-state index >= 15 is 0 Å². The number of fused-ring (bicyclic) bond motifs is 1. The van der Waals surface area contributed by atoms with E-state index in [1.54, 1.807) is 36.5 Å².